The van der Waals surface area contributed by atoms with Crippen LogP contribution in [0.25, 0.3) is 0 Å². The van der Waals surface area contributed by atoms with Crippen molar-refractivity contribution in [3.63, 3.8) is 0 Å². The Kier molecular flexibility index (Phi) is 6.61. The molecule has 0 saturated heterocycles. The van der Waals surface area contributed by atoms with Gasteiger partial charge >= 0.3 is 0 Å². The summed E-state index contributed by atoms with van der Waals surface area (Å²) in [6, 6.07) is 0.565. The summed E-state index contributed by atoms with van der Waals surface area (Å²) in [5.74, 6) is 0. The largest absolute Gasteiger partial charge is 0.396 e. The number of aliphatic hydroxyl groups excluding tert-OH is 1. The minimum absolute atomic E-state index is 0.175. The Hall–Kier alpha value is -0.120. The van der Waals surface area contributed by atoms with Gasteiger partial charge in [-0.2, -0.15) is 0 Å². The van der Waals surface area contributed by atoms with Crippen molar-refractivity contribution < 1.29 is 5.11 Å². The topological polar surface area (TPSA) is 26.7 Å². The molecule has 1 atom stereocenters. The second-order valence-corrected chi connectivity index (χ2v) is 6.39. The van der Waals surface area contributed by atoms with Crippen molar-refractivity contribution in [1.29, 1.82) is 0 Å². The van der Waals surface area contributed by atoms with Crippen LogP contribution >= 0.6 is 0 Å². The summed E-state index contributed by atoms with van der Waals surface area (Å²) in [5.41, 5.74) is 0.175. The minimum Gasteiger partial charge on any atom is -0.396 e. The van der Waals surface area contributed by atoms with E-state index < -0.39 is 0 Å². The van der Waals surface area contributed by atoms with Crippen LogP contribution in [-0.2, 0) is 0 Å². The predicted molar refractivity (Wildman–Crippen MR) is 77.9 cm³/mol. The fourth-order valence-electron chi connectivity index (χ4n) is 3.32. The maximum Gasteiger partial charge on any atom is 0.0499 e. The number of hydrogen-bond donors (Lipinski definition) is 1. The zero-order valence-electron chi connectivity index (χ0n) is 12.8. The monoisotopic (exact) mass is 256 g/mol. The molecule has 0 aromatic heterocycles. The minimum atomic E-state index is 0.175. The molecule has 0 amide bonds. The molecule has 108 valence electrons. The molecule has 1 saturated carbocycles. The van der Waals surface area contributed by atoms with Gasteiger partial charge in [0.05, 0.1) is 0 Å². The van der Waals surface area contributed by atoms with Crippen LogP contribution in [0.1, 0.15) is 46.0 Å². The lowest BCUT2D eigenvalue weighted by molar-refractivity contribution is 0.0258. The molecule has 0 heterocycles. The van der Waals surface area contributed by atoms with E-state index in [2.05, 4.69) is 37.7 Å². The number of hydrogen-bond acceptors (Lipinski definition) is 3. The number of aliphatic hydroxyl groups is 1. The molecule has 1 fully saturated rings. The van der Waals surface area contributed by atoms with E-state index in [0.29, 0.717) is 12.6 Å². The number of likely N-dealkylation sites (N-methyl/N-ethyl adjacent to an activating group) is 2. The van der Waals surface area contributed by atoms with Gasteiger partial charge in [0.15, 0.2) is 0 Å². The maximum absolute atomic E-state index is 9.81. The van der Waals surface area contributed by atoms with E-state index >= 15 is 0 Å². The van der Waals surface area contributed by atoms with Gasteiger partial charge in [0, 0.05) is 31.2 Å². The van der Waals surface area contributed by atoms with Gasteiger partial charge in [-0.15, -0.1) is 0 Å². The molecule has 0 aromatic rings. The summed E-state index contributed by atoms with van der Waals surface area (Å²) < 4.78 is 0. The SMILES string of the molecule is CCN(CC1(CO)CCCCC1)C(C)CN(C)C. The first-order valence-corrected chi connectivity index (χ1v) is 7.52. The zero-order chi connectivity index (χ0) is 13.6. The number of rotatable bonds is 7. The van der Waals surface area contributed by atoms with Gasteiger partial charge in [-0.3, -0.25) is 4.90 Å². The van der Waals surface area contributed by atoms with Crippen LogP contribution in [0, 0.1) is 5.41 Å². The standard InChI is InChI=1S/C15H32N2O/c1-5-17(14(2)11-16(3)4)12-15(13-18)9-7-6-8-10-15/h14,18H,5-13H2,1-4H3. The molecule has 1 rings (SSSR count). The molecule has 0 spiro atoms. The second kappa shape index (κ2) is 7.46. The summed E-state index contributed by atoms with van der Waals surface area (Å²) in [6.07, 6.45) is 6.34. The van der Waals surface area contributed by atoms with Crippen molar-refractivity contribution >= 4 is 0 Å². The first-order valence-electron chi connectivity index (χ1n) is 7.52. The van der Waals surface area contributed by atoms with E-state index in [1.165, 1.54) is 32.1 Å². The third-order valence-electron chi connectivity index (χ3n) is 4.45. The Morgan fingerprint density at radius 3 is 2.22 bits per heavy atom. The zero-order valence-corrected chi connectivity index (χ0v) is 12.8. The molecular formula is C15H32N2O. The molecule has 18 heavy (non-hydrogen) atoms. The van der Waals surface area contributed by atoms with Crippen LogP contribution in [0.2, 0.25) is 0 Å². The van der Waals surface area contributed by atoms with Gasteiger partial charge < -0.3 is 10.0 Å². The Labute approximate surface area is 113 Å². The summed E-state index contributed by atoms with van der Waals surface area (Å²) in [7, 11) is 4.26. The molecule has 3 nitrogen and oxygen atoms in total. The Morgan fingerprint density at radius 2 is 1.78 bits per heavy atom. The van der Waals surface area contributed by atoms with E-state index in [-0.39, 0.29) is 5.41 Å². The first-order chi connectivity index (χ1) is 8.53. The molecule has 0 aromatic carbocycles. The highest BCUT2D eigenvalue weighted by molar-refractivity contribution is 4.86. The Morgan fingerprint density at radius 1 is 1.17 bits per heavy atom. The van der Waals surface area contributed by atoms with Gasteiger partial charge in [-0.1, -0.05) is 26.2 Å². The molecule has 1 aliphatic rings. The average molecular weight is 256 g/mol. The smallest absolute Gasteiger partial charge is 0.0499 e. The van der Waals surface area contributed by atoms with Gasteiger partial charge in [-0.05, 0) is 40.4 Å². The third kappa shape index (κ3) is 4.52. The van der Waals surface area contributed by atoms with Crippen LogP contribution in [0.4, 0.5) is 0 Å². The summed E-state index contributed by atoms with van der Waals surface area (Å²) in [5, 5.41) is 9.81. The van der Waals surface area contributed by atoms with Crippen LogP contribution < -0.4 is 0 Å². The van der Waals surface area contributed by atoms with E-state index in [1.807, 2.05) is 0 Å². The van der Waals surface area contributed by atoms with Gasteiger partial charge in [0.2, 0.25) is 0 Å². The van der Waals surface area contributed by atoms with Gasteiger partial charge in [0.25, 0.3) is 0 Å². The second-order valence-electron chi connectivity index (χ2n) is 6.39. The van der Waals surface area contributed by atoms with E-state index in [4.69, 9.17) is 0 Å². The summed E-state index contributed by atoms with van der Waals surface area (Å²) >= 11 is 0. The van der Waals surface area contributed by atoms with Gasteiger partial charge in [0.1, 0.15) is 0 Å². The highest BCUT2D eigenvalue weighted by Gasteiger charge is 2.34. The van der Waals surface area contributed by atoms with E-state index in [0.717, 1.165) is 19.6 Å². The van der Waals surface area contributed by atoms with Crippen LogP contribution in [0.5, 0.6) is 0 Å². The van der Waals surface area contributed by atoms with E-state index in [9.17, 15) is 5.11 Å². The van der Waals surface area contributed by atoms with E-state index in [1.54, 1.807) is 0 Å². The fourth-order valence-corrected chi connectivity index (χ4v) is 3.32. The van der Waals surface area contributed by atoms with Crippen molar-refractivity contribution in [2.24, 2.45) is 5.41 Å². The quantitative estimate of drug-likeness (QED) is 0.756. The fraction of sp³-hybridized carbons (Fsp3) is 1.00. The third-order valence-corrected chi connectivity index (χ3v) is 4.45. The summed E-state index contributed by atoms with van der Waals surface area (Å²) in [6.45, 7) is 8.14. The van der Waals surface area contributed by atoms with Crippen LogP contribution in [0.15, 0.2) is 0 Å². The molecular weight excluding hydrogens is 224 g/mol. The van der Waals surface area contributed by atoms with Crippen molar-refractivity contribution in [2.45, 2.75) is 52.0 Å². The Bertz CT molecular complexity index is 225. The molecule has 1 unspecified atom stereocenters. The lowest BCUT2D eigenvalue weighted by atomic mass is 9.74. The normalized spacial score (nSPS) is 21.5. The maximum atomic E-state index is 9.81. The predicted octanol–water partition coefficient (Wildman–Crippen LogP) is 2.20. The average Bonchev–Trinajstić information content (AvgIpc) is 2.36. The molecule has 1 aliphatic carbocycles. The number of nitrogens with zero attached hydrogens (tertiary/aromatic N) is 2. The van der Waals surface area contributed by atoms with Crippen molar-refractivity contribution in [2.75, 3.05) is 40.3 Å². The molecule has 1 N–H and O–H groups in total. The van der Waals surface area contributed by atoms with Crippen molar-refractivity contribution in [1.82, 2.24) is 9.80 Å². The molecule has 0 bridgehead atoms. The van der Waals surface area contributed by atoms with Crippen molar-refractivity contribution in [3.8, 4) is 0 Å². The van der Waals surface area contributed by atoms with Crippen molar-refractivity contribution in [3.05, 3.63) is 0 Å². The Balaban J connectivity index is 2.59. The highest BCUT2D eigenvalue weighted by atomic mass is 16.3. The lowest BCUT2D eigenvalue weighted by Crippen LogP contribution is -2.48. The lowest BCUT2D eigenvalue weighted by Gasteiger charge is -2.42. The van der Waals surface area contributed by atoms with Crippen LogP contribution in [0.3, 0.4) is 0 Å². The van der Waals surface area contributed by atoms with Crippen LogP contribution in [-0.4, -0.2) is 61.3 Å². The molecule has 0 aliphatic heterocycles. The summed E-state index contributed by atoms with van der Waals surface area (Å²) in [4.78, 5) is 4.79. The van der Waals surface area contributed by atoms with Gasteiger partial charge in [-0.25, -0.2) is 0 Å². The first kappa shape index (κ1) is 15.9. The highest BCUT2D eigenvalue weighted by Crippen LogP contribution is 2.36. The molecule has 0 radical (unpaired) electrons. The molecule has 3 heteroatoms.